The lowest BCUT2D eigenvalue weighted by Gasteiger charge is -2.51. The normalized spacial score (nSPS) is 24.5. The van der Waals surface area contributed by atoms with Crippen LogP contribution in [-0.2, 0) is 22.4 Å². The van der Waals surface area contributed by atoms with Crippen LogP contribution in [0.4, 0.5) is 0 Å². The summed E-state index contributed by atoms with van der Waals surface area (Å²) < 4.78 is 11.3. The van der Waals surface area contributed by atoms with Crippen molar-refractivity contribution < 1.29 is 23.9 Å². The molecule has 39 heavy (non-hydrogen) atoms. The summed E-state index contributed by atoms with van der Waals surface area (Å²) in [5, 5.41) is 3.05. The third-order valence-electron chi connectivity index (χ3n) is 8.50. The van der Waals surface area contributed by atoms with Crippen LogP contribution >= 0.6 is 0 Å². The molecule has 4 bridgehead atoms. The van der Waals surface area contributed by atoms with E-state index in [-0.39, 0.29) is 35.6 Å². The second-order valence-electron chi connectivity index (χ2n) is 11.1. The van der Waals surface area contributed by atoms with Crippen molar-refractivity contribution in [2.75, 3.05) is 40.4 Å². The van der Waals surface area contributed by atoms with Crippen molar-refractivity contribution in [2.24, 2.45) is 11.8 Å². The van der Waals surface area contributed by atoms with Gasteiger partial charge in [0.25, 0.3) is 5.91 Å². The number of hydrogen-bond acceptors (Lipinski definition) is 5. The highest BCUT2D eigenvalue weighted by atomic mass is 16.5. The first-order chi connectivity index (χ1) is 19.0. The summed E-state index contributed by atoms with van der Waals surface area (Å²) in [5.74, 6) is 2.04. The second-order valence-corrected chi connectivity index (χ2v) is 11.1. The molecule has 0 aliphatic carbocycles. The summed E-state index contributed by atoms with van der Waals surface area (Å²) in [4.78, 5) is 46.5. The van der Waals surface area contributed by atoms with Crippen molar-refractivity contribution in [1.29, 1.82) is 0 Å². The van der Waals surface area contributed by atoms with E-state index in [4.69, 9.17) is 9.47 Å². The Morgan fingerprint density at radius 1 is 1.00 bits per heavy atom. The molecule has 0 unspecified atom stereocenters. The summed E-state index contributed by atoms with van der Waals surface area (Å²) in [7, 11) is 3.27. The molecule has 0 spiro atoms. The van der Waals surface area contributed by atoms with Crippen LogP contribution < -0.4 is 14.8 Å². The van der Waals surface area contributed by atoms with E-state index in [2.05, 4.69) is 21.3 Å². The minimum Gasteiger partial charge on any atom is -0.493 e. The van der Waals surface area contributed by atoms with Gasteiger partial charge in [-0.15, -0.1) is 0 Å². The van der Waals surface area contributed by atoms with Crippen molar-refractivity contribution in [3.05, 3.63) is 47.3 Å². The molecule has 9 heteroatoms. The number of carbonyl (C=O) groups is 3. The lowest BCUT2D eigenvalue weighted by molar-refractivity contribution is -0.140. The fourth-order valence-corrected chi connectivity index (χ4v) is 6.70. The Bertz CT molecular complexity index is 1180. The van der Waals surface area contributed by atoms with E-state index in [1.54, 1.807) is 20.4 Å². The number of piperidine rings is 2. The Balaban J connectivity index is 1.37. The number of ether oxygens (including phenoxy) is 2. The highest BCUT2D eigenvalue weighted by Gasteiger charge is 2.43. The largest absolute Gasteiger partial charge is 0.493 e. The maximum Gasteiger partial charge on any atom is 0.270 e. The Labute approximate surface area is 230 Å². The lowest BCUT2D eigenvalue weighted by atomic mass is 9.77. The molecule has 3 amide bonds. The Hall–Kier alpha value is -3.49. The first-order valence-corrected chi connectivity index (χ1v) is 14.2. The molecule has 0 saturated carbocycles. The molecule has 2 fully saturated rings. The predicted octanol–water partition coefficient (Wildman–Crippen LogP) is 3.19. The van der Waals surface area contributed by atoms with Crippen LogP contribution in [0.3, 0.4) is 0 Å². The van der Waals surface area contributed by atoms with Gasteiger partial charge in [0.15, 0.2) is 11.5 Å². The van der Waals surface area contributed by atoms with Crippen molar-refractivity contribution in [1.82, 2.24) is 20.1 Å². The quantitative estimate of drug-likeness (QED) is 0.627. The van der Waals surface area contributed by atoms with Gasteiger partial charge >= 0.3 is 0 Å². The lowest BCUT2D eigenvalue weighted by Crippen LogP contribution is -2.60. The number of rotatable bonds is 3. The minimum atomic E-state index is 0.0197. The van der Waals surface area contributed by atoms with Crippen molar-refractivity contribution in [3.63, 3.8) is 0 Å². The molecule has 2 aromatic rings. The highest BCUT2D eigenvalue weighted by Crippen LogP contribution is 2.37. The number of H-pyrrole nitrogens is 1. The number of benzene rings is 1. The van der Waals surface area contributed by atoms with Gasteiger partial charge in [0.05, 0.1) is 14.2 Å². The third kappa shape index (κ3) is 6.07. The van der Waals surface area contributed by atoms with Crippen LogP contribution in [0.15, 0.2) is 30.5 Å². The molecule has 2 N–H and O–H groups in total. The first kappa shape index (κ1) is 27.1. The monoisotopic (exact) mass is 536 g/mol. The van der Waals surface area contributed by atoms with Crippen LogP contribution in [0.1, 0.15) is 60.1 Å². The van der Waals surface area contributed by atoms with Crippen LogP contribution in [0.2, 0.25) is 0 Å². The molecule has 0 radical (unpaired) electrons. The highest BCUT2D eigenvalue weighted by molar-refractivity contribution is 5.92. The van der Waals surface area contributed by atoms with E-state index in [0.717, 1.165) is 43.2 Å². The fraction of sp³-hybridized carbons (Fsp3) is 0.567. The van der Waals surface area contributed by atoms with E-state index in [1.807, 2.05) is 23.1 Å². The molecule has 5 rings (SSSR count). The summed E-state index contributed by atoms with van der Waals surface area (Å²) >= 11 is 0. The Morgan fingerprint density at radius 3 is 2.64 bits per heavy atom. The molecule has 1 aromatic carbocycles. The van der Waals surface area contributed by atoms with Crippen molar-refractivity contribution >= 4 is 17.7 Å². The first-order valence-electron chi connectivity index (χ1n) is 14.2. The number of likely N-dealkylation sites (tertiary alicyclic amines) is 1. The van der Waals surface area contributed by atoms with E-state index in [1.165, 1.54) is 0 Å². The molecule has 9 nitrogen and oxygen atoms in total. The molecule has 210 valence electrons. The van der Waals surface area contributed by atoms with Crippen molar-refractivity contribution in [3.8, 4) is 11.5 Å². The third-order valence-corrected chi connectivity index (χ3v) is 8.50. The molecule has 2 saturated heterocycles. The average molecular weight is 537 g/mol. The maximum absolute atomic E-state index is 13.7. The Kier molecular flexibility index (Phi) is 8.43. The van der Waals surface area contributed by atoms with E-state index in [0.29, 0.717) is 62.6 Å². The zero-order valence-corrected chi connectivity index (χ0v) is 23.0. The van der Waals surface area contributed by atoms with Crippen LogP contribution in [0, 0.1) is 11.8 Å². The molecule has 1 aromatic heterocycles. The maximum atomic E-state index is 13.7. The van der Waals surface area contributed by atoms with Gasteiger partial charge < -0.3 is 29.6 Å². The number of methoxy groups -OCH3 is 2. The van der Waals surface area contributed by atoms with Crippen LogP contribution in [0.25, 0.3) is 0 Å². The Morgan fingerprint density at radius 2 is 1.87 bits per heavy atom. The SMILES string of the molecule is COc1cc2cc(c1OC)CCCNC(=O)CCC[C@H]1[C@H]3C[C@@H](CN(C(=O)c4ccc[nH]4)C3)CN1C(=O)CC2. The second kappa shape index (κ2) is 12.1. The summed E-state index contributed by atoms with van der Waals surface area (Å²) in [5.41, 5.74) is 2.67. The number of aryl methyl sites for hydroxylation is 2. The molecule has 3 atom stereocenters. The number of hydrogen-bond donors (Lipinski definition) is 2. The number of aromatic nitrogens is 1. The summed E-state index contributed by atoms with van der Waals surface area (Å²) in [6, 6.07) is 7.75. The number of nitrogens with one attached hydrogen (secondary N) is 2. The zero-order chi connectivity index (χ0) is 27.4. The van der Waals surface area contributed by atoms with Gasteiger partial charge in [0, 0.05) is 51.3 Å². The number of carbonyl (C=O) groups excluding carboxylic acids is 3. The van der Waals surface area contributed by atoms with Gasteiger partial charge in [-0.1, -0.05) is 6.07 Å². The van der Waals surface area contributed by atoms with Gasteiger partial charge in [0.1, 0.15) is 5.69 Å². The standard InChI is InChI=1S/C30H40N4O5/c1-38-26-16-20-10-11-28(36)34-18-21-15-23(19-33(17-21)30(37)24-7-5-12-31-24)25(34)8-3-9-27(35)32-13-4-6-22(14-20)29(26)39-2/h5,7,12,14,16,21,23,25,31H,3-4,6,8-11,13,15,17-19H2,1-2H3,(H,32,35)/t21-,23-,25-/m0/s1. The van der Waals surface area contributed by atoms with Crippen LogP contribution in [-0.4, -0.2) is 78.9 Å². The molecule has 4 heterocycles. The number of aromatic amines is 1. The minimum absolute atomic E-state index is 0.0197. The van der Waals surface area contributed by atoms with E-state index < -0.39 is 0 Å². The van der Waals surface area contributed by atoms with Gasteiger partial charge in [-0.2, -0.15) is 0 Å². The van der Waals surface area contributed by atoms with Gasteiger partial charge in [-0.25, -0.2) is 0 Å². The smallest absolute Gasteiger partial charge is 0.270 e. The van der Waals surface area contributed by atoms with E-state index in [9.17, 15) is 14.4 Å². The summed E-state index contributed by atoms with van der Waals surface area (Å²) in [6.45, 7) is 2.54. The van der Waals surface area contributed by atoms with Gasteiger partial charge in [-0.05, 0) is 79.7 Å². The number of amides is 3. The molecule has 3 aliphatic heterocycles. The van der Waals surface area contributed by atoms with E-state index >= 15 is 0 Å². The molecular weight excluding hydrogens is 496 g/mol. The molecule has 3 aliphatic rings. The van der Waals surface area contributed by atoms with Gasteiger partial charge in [-0.3, -0.25) is 14.4 Å². The molecular formula is C30H40N4O5. The average Bonchev–Trinajstić information content (AvgIpc) is 3.48. The van der Waals surface area contributed by atoms with Crippen molar-refractivity contribution in [2.45, 2.75) is 57.4 Å². The van der Waals surface area contributed by atoms with Crippen LogP contribution in [0.5, 0.6) is 11.5 Å². The fourth-order valence-electron chi connectivity index (χ4n) is 6.70. The number of fused-ring (bicyclic) bond motifs is 6. The predicted molar refractivity (Wildman–Crippen MR) is 147 cm³/mol. The van der Waals surface area contributed by atoms with Gasteiger partial charge in [0.2, 0.25) is 11.8 Å². The topological polar surface area (TPSA) is 104 Å². The zero-order valence-electron chi connectivity index (χ0n) is 23.0. The number of nitrogens with zero attached hydrogens (tertiary/aromatic N) is 2. The summed E-state index contributed by atoms with van der Waals surface area (Å²) in [6.07, 6.45) is 7.27.